The highest BCUT2D eigenvalue weighted by Crippen LogP contribution is 1.99. The molecule has 0 saturated carbocycles. The molecule has 0 saturated heterocycles. The number of hydrogen-bond donors (Lipinski definition) is 0. The second-order valence-electron chi connectivity index (χ2n) is 1.66. The van der Waals surface area contributed by atoms with E-state index in [4.69, 9.17) is 0 Å². The third-order valence-electron chi connectivity index (χ3n) is 0.913. The summed E-state index contributed by atoms with van der Waals surface area (Å²) in [6.45, 7) is 1.02. The van der Waals surface area contributed by atoms with Gasteiger partial charge in [-0.15, -0.1) is 0 Å². The zero-order chi connectivity index (χ0) is 6.57. The summed E-state index contributed by atoms with van der Waals surface area (Å²) in [5.74, 6) is -0.512. The van der Waals surface area contributed by atoms with Crippen molar-refractivity contribution in [1.82, 2.24) is 0 Å². The number of rotatable bonds is 3. The molecule has 0 bridgehead atoms. The van der Waals surface area contributed by atoms with Crippen molar-refractivity contribution in [1.29, 1.82) is 0 Å². The number of carbonyl (C=O) groups excluding carboxylic acids is 1. The molecule has 8 heavy (non-hydrogen) atoms. The van der Waals surface area contributed by atoms with Crippen molar-refractivity contribution in [3.63, 3.8) is 0 Å². The molecule has 0 fully saturated rings. The van der Waals surface area contributed by atoms with Crippen molar-refractivity contribution in [2.45, 2.75) is 6.92 Å². The normalized spacial score (nSPS) is 13.4. The minimum absolute atomic E-state index is 0.0764. The Morgan fingerprint density at radius 1 is 1.88 bits per heavy atom. The Morgan fingerprint density at radius 2 is 2.38 bits per heavy atom. The molecule has 0 amide bonds. The van der Waals surface area contributed by atoms with Crippen LogP contribution in [0.4, 0.5) is 4.39 Å². The summed E-state index contributed by atoms with van der Waals surface area (Å²) in [5.41, 5.74) is 0. The summed E-state index contributed by atoms with van der Waals surface area (Å²) >= 11 is 2.94. The molecule has 0 N–H and O–H groups in total. The summed E-state index contributed by atoms with van der Waals surface area (Å²) < 4.78 is 11.6. The molecule has 3 heteroatoms. The summed E-state index contributed by atoms with van der Waals surface area (Å²) in [7, 11) is 0. The Kier molecular flexibility index (Phi) is 4.05. The van der Waals surface area contributed by atoms with Crippen molar-refractivity contribution >= 4 is 21.7 Å². The molecular formula is C5H8BrFO. The Bertz CT molecular complexity index is 84.5. The van der Waals surface area contributed by atoms with Gasteiger partial charge in [0.15, 0.2) is 0 Å². The van der Waals surface area contributed by atoms with Crippen LogP contribution < -0.4 is 0 Å². The third-order valence-corrected chi connectivity index (χ3v) is 1.47. The quantitative estimate of drug-likeness (QED) is 0.606. The van der Waals surface area contributed by atoms with Gasteiger partial charge in [0.2, 0.25) is 0 Å². The van der Waals surface area contributed by atoms with Gasteiger partial charge >= 0.3 is 0 Å². The van der Waals surface area contributed by atoms with Gasteiger partial charge in [0, 0.05) is 5.92 Å². The van der Waals surface area contributed by atoms with Crippen LogP contribution in [-0.2, 0) is 4.79 Å². The number of hydrogen-bond acceptors (Lipinski definition) is 1. The van der Waals surface area contributed by atoms with E-state index in [2.05, 4.69) is 15.9 Å². The number of Topliss-reactive ketones (excluding diaryl/α,β-unsaturated/α-hetero) is 1. The van der Waals surface area contributed by atoms with E-state index in [-0.39, 0.29) is 11.1 Å². The summed E-state index contributed by atoms with van der Waals surface area (Å²) in [6, 6.07) is 0. The lowest BCUT2D eigenvalue weighted by atomic mass is 10.1. The molecule has 0 aliphatic rings. The summed E-state index contributed by atoms with van der Waals surface area (Å²) in [5, 5.41) is 0.262. The Hall–Kier alpha value is 0.0800. The first kappa shape index (κ1) is 8.08. The molecule has 0 heterocycles. The molecule has 0 aromatic carbocycles. The molecule has 0 rings (SSSR count). The second-order valence-corrected chi connectivity index (χ2v) is 2.22. The van der Waals surface area contributed by atoms with Crippen LogP contribution in [0.25, 0.3) is 0 Å². The fraction of sp³-hybridized carbons (Fsp3) is 0.800. The standard InChI is InChI=1S/C5H8BrFO/c1-4(3-7)5(8)2-6/h4H,2-3H2,1H3. The van der Waals surface area contributed by atoms with Crippen LogP contribution >= 0.6 is 15.9 Å². The number of carbonyl (C=O) groups is 1. The second kappa shape index (κ2) is 4.01. The molecule has 0 aromatic rings. The van der Waals surface area contributed by atoms with E-state index in [0.29, 0.717) is 0 Å². The van der Waals surface area contributed by atoms with Crippen molar-refractivity contribution in [2.24, 2.45) is 5.92 Å². The fourth-order valence-corrected chi connectivity index (χ4v) is 0.770. The number of halogens is 2. The highest BCUT2D eigenvalue weighted by Gasteiger charge is 2.08. The van der Waals surface area contributed by atoms with Crippen LogP contribution in [0.5, 0.6) is 0 Å². The minimum Gasteiger partial charge on any atom is -0.298 e. The van der Waals surface area contributed by atoms with E-state index in [1.54, 1.807) is 6.92 Å². The molecular weight excluding hydrogens is 175 g/mol. The van der Waals surface area contributed by atoms with Crippen molar-refractivity contribution in [2.75, 3.05) is 12.0 Å². The zero-order valence-electron chi connectivity index (χ0n) is 4.66. The Labute approximate surface area is 56.4 Å². The van der Waals surface area contributed by atoms with Crippen LogP contribution in [0.2, 0.25) is 0 Å². The summed E-state index contributed by atoms with van der Waals surface area (Å²) in [6.07, 6.45) is 0. The topological polar surface area (TPSA) is 17.1 Å². The van der Waals surface area contributed by atoms with Crippen LogP contribution in [-0.4, -0.2) is 17.8 Å². The molecule has 1 unspecified atom stereocenters. The van der Waals surface area contributed by atoms with E-state index >= 15 is 0 Å². The third kappa shape index (κ3) is 2.40. The van der Waals surface area contributed by atoms with Gasteiger partial charge in [0.1, 0.15) is 5.78 Å². The predicted octanol–water partition coefficient (Wildman–Crippen LogP) is 1.56. The van der Waals surface area contributed by atoms with Gasteiger partial charge < -0.3 is 0 Å². The van der Waals surface area contributed by atoms with Gasteiger partial charge in [-0.1, -0.05) is 22.9 Å². The van der Waals surface area contributed by atoms with Crippen LogP contribution in [0.15, 0.2) is 0 Å². The summed E-state index contributed by atoms with van der Waals surface area (Å²) in [4.78, 5) is 10.5. The van der Waals surface area contributed by atoms with Gasteiger partial charge in [-0.05, 0) is 0 Å². The van der Waals surface area contributed by atoms with E-state index in [1.807, 2.05) is 0 Å². The van der Waals surface area contributed by atoms with Crippen LogP contribution in [0, 0.1) is 5.92 Å². The number of alkyl halides is 2. The molecule has 48 valence electrons. The zero-order valence-corrected chi connectivity index (χ0v) is 6.24. The van der Waals surface area contributed by atoms with Gasteiger partial charge in [0.05, 0.1) is 12.0 Å². The average molecular weight is 183 g/mol. The van der Waals surface area contributed by atoms with Gasteiger partial charge in [-0.25, -0.2) is 0 Å². The lowest BCUT2D eigenvalue weighted by Gasteiger charge is -1.98. The largest absolute Gasteiger partial charge is 0.298 e. The molecule has 0 aliphatic heterocycles. The smallest absolute Gasteiger partial charge is 0.148 e. The van der Waals surface area contributed by atoms with E-state index in [1.165, 1.54) is 0 Å². The molecule has 1 nitrogen and oxygen atoms in total. The lowest BCUT2D eigenvalue weighted by molar-refractivity contribution is -0.120. The van der Waals surface area contributed by atoms with Crippen molar-refractivity contribution < 1.29 is 9.18 Å². The minimum atomic E-state index is -0.551. The maximum atomic E-state index is 11.6. The van der Waals surface area contributed by atoms with E-state index in [0.717, 1.165) is 0 Å². The van der Waals surface area contributed by atoms with Crippen LogP contribution in [0.3, 0.4) is 0 Å². The first-order valence-electron chi connectivity index (χ1n) is 2.37. The highest BCUT2D eigenvalue weighted by atomic mass is 79.9. The van der Waals surface area contributed by atoms with Gasteiger partial charge in [-0.3, -0.25) is 9.18 Å². The van der Waals surface area contributed by atoms with Gasteiger partial charge in [0.25, 0.3) is 0 Å². The monoisotopic (exact) mass is 182 g/mol. The molecule has 0 spiro atoms. The van der Waals surface area contributed by atoms with E-state index in [9.17, 15) is 9.18 Å². The molecule has 0 aliphatic carbocycles. The fourth-order valence-electron chi connectivity index (χ4n) is 0.218. The molecule has 0 aromatic heterocycles. The maximum absolute atomic E-state index is 11.6. The lowest BCUT2D eigenvalue weighted by Crippen LogP contribution is -2.13. The number of ketones is 1. The maximum Gasteiger partial charge on any atom is 0.148 e. The van der Waals surface area contributed by atoms with Gasteiger partial charge in [-0.2, -0.15) is 0 Å². The predicted molar refractivity (Wildman–Crippen MR) is 33.9 cm³/mol. The highest BCUT2D eigenvalue weighted by molar-refractivity contribution is 9.09. The van der Waals surface area contributed by atoms with E-state index < -0.39 is 12.6 Å². The van der Waals surface area contributed by atoms with Crippen LogP contribution in [0.1, 0.15) is 6.92 Å². The molecule has 1 atom stereocenters. The van der Waals surface area contributed by atoms with Crippen molar-refractivity contribution in [3.05, 3.63) is 0 Å². The first-order chi connectivity index (χ1) is 3.72. The molecule has 0 radical (unpaired) electrons. The van der Waals surface area contributed by atoms with Crippen molar-refractivity contribution in [3.8, 4) is 0 Å². The average Bonchev–Trinajstić information content (AvgIpc) is 1.84. The Balaban J connectivity index is 3.46. The Morgan fingerprint density at radius 3 is 2.50 bits per heavy atom. The SMILES string of the molecule is CC(CF)C(=O)CBr. The first-order valence-corrected chi connectivity index (χ1v) is 3.49.